The molecule has 2 saturated heterocycles. The molecule has 0 N–H and O–H groups in total. The second kappa shape index (κ2) is 7.48. The Morgan fingerprint density at radius 1 is 0.962 bits per heavy atom. The van der Waals surface area contributed by atoms with Crippen molar-refractivity contribution in [2.24, 2.45) is 0 Å². The van der Waals surface area contributed by atoms with Gasteiger partial charge in [0.25, 0.3) is 5.91 Å². The number of hydrogen-bond donors (Lipinski definition) is 0. The van der Waals surface area contributed by atoms with Crippen molar-refractivity contribution in [2.45, 2.75) is 45.1 Å². The standard InChI is InChI=1S/C22H27N3O/c1-17-19(12-13-21(23-17)24-14-6-3-7-15-24)20-11-8-16-25(20)22(26)18-9-4-2-5-10-18/h2,4-5,9-10,12-13,20H,3,6-8,11,14-16H2,1H3. The van der Waals surface area contributed by atoms with E-state index in [2.05, 4.69) is 24.0 Å². The van der Waals surface area contributed by atoms with E-state index >= 15 is 0 Å². The zero-order chi connectivity index (χ0) is 17.9. The molecule has 0 radical (unpaired) electrons. The number of anilines is 1. The molecule has 2 fully saturated rings. The molecule has 1 aromatic carbocycles. The lowest BCUT2D eigenvalue weighted by Crippen LogP contribution is -2.32. The number of aromatic nitrogens is 1. The minimum atomic E-state index is 0.132. The molecule has 26 heavy (non-hydrogen) atoms. The molecule has 136 valence electrons. The number of carbonyl (C=O) groups excluding carboxylic acids is 1. The summed E-state index contributed by atoms with van der Waals surface area (Å²) in [6.07, 6.45) is 5.90. The van der Waals surface area contributed by atoms with Crippen molar-refractivity contribution in [1.29, 1.82) is 0 Å². The van der Waals surface area contributed by atoms with Gasteiger partial charge in [0.15, 0.2) is 0 Å². The van der Waals surface area contributed by atoms with Gasteiger partial charge < -0.3 is 9.80 Å². The number of rotatable bonds is 3. The molecule has 0 saturated carbocycles. The summed E-state index contributed by atoms with van der Waals surface area (Å²) in [5.41, 5.74) is 3.04. The predicted octanol–water partition coefficient (Wildman–Crippen LogP) is 4.36. The predicted molar refractivity (Wildman–Crippen MR) is 104 cm³/mol. The largest absolute Gasteiger partial charge is 0.357 e. The van der Waals surface area contributed by atoms with Crippen LogP contribution in [0.15, 0.2) is 42.5 Å². The maximum absolute atomic E-state index is 13.0. The van der Waals surface area contributed by atoms with Gasteiger partial charge in [-0.1, -0.05) is 24.3 Å². The van der Waals surface area contributed by atoms with Crippen LogP contribution in [0.4, 0.5) is 5.82 Å². The van der Waals surface area contributed by atoms with Crippen LogP contribution in [0.1, 0.15) is 59.8 Å². The monoisotopic (exact) mass is 349 g/mol. The number of nitrogens with zero attached hydrogens (tertiary/aromatic N) is 3. The first-order valence-electron chi connectivity index (χ1n) is 9.82. The number of benzene rings is 1. The first kappa shape index (κ1) is 17.1. The van der Waals surface area contributed by atoms with Crippen LogP contribution in [0.2, 0.25) is 0 Å². The zero-order valence-electron chi connectivity index (χ0n) is 15.5. The van der Waals surface area contributed by atoms with Crippen molar-refractivity contribution in [3.63, 3.8) is 0 Å². The van der Waals surface area contributed by atoms with Crippen LogP contribution in [0, 0.1) is 6.92 Å². The summed E-state index contributed by atoms with van der Waals surface area (Å²) in [5, 5.41) is 0. The van der Waals surface area contributed by atoms with Gasteiger partial charge >= 0.3 is 0 Å². The Labute approximate surface area is 155 Å². The van der Waals surface area contributed by atoms with E-state index in [0.717, 1.165) is 49.6 Å². The number of amides is 1. The average molecular weight is 349 g/mol. The molecule has 0 spiro atoms. The highest BCUT2D eigenvalue weighted by Crippen LogP contribution is 2.35. The van der Waals surface area contributed by atoms with E-state index in [1.807, 2.05) is 35.2 Å². The van der Waals surface area contributed by atoms with Crippen molar-refractivity contribution in [3.05, 3.63) is 59.3 Å². The molecular formula is C22H27N3O. The molecular weight excluding hydrogens is 322 g/mol. The molecule has 0 bridgehead atoms. The number of pyridine rings is 1. The zero-order valence-corrected chi connectivity index (χ0v) is 15.5. The van der Waals surface area contributed by atoms with Crippen LogP contribution < -0.4 is 4.90 Å². The van der Waals surface area contributed by atoms with E-state index in [-0.39, 0.29) is 11.9 Å². The lowest BCUT2D eigenvalue weighted by atomic mass is 10.0. The molecule has 4 rings (SSSR count). The fourth-order valence-corrected chi connectivity index (χ4v) is 4.29. The van der Waals surface area contributed by atoms with Gasteiger partial charge in [0, 0.05) is 30.9 Å². The topological polar surface area (TPSA) is 36.4 Å². The van der Waals surface area contributed by atoms with Gasteiger partial charge in [0.1, 0.15) is 5.82 Å². The Kier molecular flexibility index (Phi) is 4.91. The Bertz CT molecular complexity index is 768. The minimum absolute atomic E-state index is 0.132. The molecule has 2 aliphatic heterocycles. The third-order valence-electron chi connectivity index (χ3n) is 5.69. The van der Waals surface area contributed by atoms with Gasteiger partial charge in [-0.15, -0.1) is 0 Å². The Morgan fingerprint density at radius 2 is 1.73 bits per heavy atom. The SMILES string of the molecule is Cc1nc(N2CCCCC2)ccc1C1CCCN1C(=O)c1ccccc1. The molecule has 2 aromatic rings. The van der Waals surface area contributed by atoms with Crippen molar-refractivity contribution in [3.8, 4) is 0 Å². The quantitative estimate of drug-likeness (QED) is 0.826. The van der Waals surface area contributed by atoms with E-state index in [0.29, 0.717) is 0 Å². The number of hydrogen-bond acceptors (Lipinski definition) is 3. The van der Waals surface area contributed by atoms with Gasteiger partial charge in [-0.2, -0.15) is 0 Å². The third kappa shape index (κ3) is 3.33. The normalized spacial score (nSPS) is 20.4. The Balaban J connectivity index is 1.57. The average Bonchev–Trinajstić information content (AvgIpc) is 3.18. The fourth-order valence-electron chi connectivity index (χ4n) is 4.29. The summed E-state index contributed by atoms with van der Waals surface area (Å²) in [5.74, 6) is 1.22. The summed E-state index contributed by atoms with van der Waals surface area (Å²) in [6.45, 7) is 5.12. The van der Waals surface area contributed by atoms with Crippen LogP contribution in [0.5, 0.6) is 0 Å². The minimum Gasteiger partial charge on any atom is -0.357 e. The van der Waals surface area contributed by atoms with Crippen LogP contribution in [0.3, 0.4) is 0 Å². The summed E-state index contributed by atoms with van der Waals surface area (Å²) in [4.78, 5) is 22.3. The Hall–Kier alpha value is -2.36. The van der Waals surface area contributed by atoms with E-state index in [4.69, 9.17) is 4.98 Å². The molecule has 2 aliphatic rings. The molecule has 1 unspecified atom stereocenters. The highest BCUT2D eigenvalue weighted by Gasteiger charge is 2.32. The molecule has 1 amide bonds. The second-order valence-corrected chi connectivity index (χ2v) is 7.41. The summed E-state index contributed by atoms with van der Waals surface area (Å²) >= 11 is 0. The molecule has 3 heterocycles. The first-order valence-corrected chi connectivity index (χ1v) is 9.82. The van der Waals surface area contributed by atoms with Crippen LogP contribution >= 0.6 is 0 Å². The highest BCUT2D eigenvalue weighted by molar-refractivity contribution is 5.94. The molecule has 1 aromatic heterocycles. The number of aryl methyl sites for hydroxylation is 1. The van der Waals surface area contributed by atoms with Crippen LogP contribution in [-0.4, -0.2) is 35.4 Å². The summed E-state index contributed by atoms with van der Waals surface area (Å²) < 4.78 is 0. The van der Waals surface area contributed by atoms with E-state index in [1.165, 1.54) is 24.8 Å². The van der Waals surface area contributed by atoms with Gasteiger partial charge in [-0.3, -0.25) is 4.79 Å². The lowest BCUT2D eigenvalue weighted by Gasteiger charge is -2.30. The first-order chi connectivity index (χ1) is 12.7. The van der Waals surface area contributed by atoms with Crippen LogP contribution in [-0.2, 0) is 0 Å². The van der Waals surface area contributed by atoms with Crippen molar-refractivity contribution < 1.29 is 4.79 Å². The number of likely N-dealkylation sites (tertiary alicyclic amines) is 1. The molecule has 4 heteroatoms. The van der Waals surface area contributed by atoms with Gasteiger partial charge in [0.05, 0.1) is 6.04 Å². The maximum atomic E-state index is 13.0. The highest BCUT2D eigenvalue weighted by atomic mass is 16.2. The van der Waals surface area contributed by atoms with Crippen molar-refractivity contribution >= 4 is 11.7 Å². The van der Waals surface area contributed by atoms with Gasteiger partial charge in [-0.05, 0) is 62.8 Å². The second-order valence-electron chi connectivity index (χ2n) is 7.41. The van der Waals surface area contributed by atoms with E-state index in [1.54, 1.807) is 0 Å². The van der Waals surface area contributed by atoms with Crippen LogP contribution in [0.25, 0.3) is 0 Å². The van der Waals surface area contributed by atoms with Gasteiger partial charge in [-0.25, -0.2) is 4.98 Å². The van der Waals surface area contributed by atoms with Crippen molar-refractivity contribution in [1.82, 2.24) is 9.88 Å². The molecule has 1 atom stereocenters. The smallest absolute Gasteiger partial charge is 0.254 e. The third-order valence-corrected chi connectivity index (χ3v) is 5.69. The summed E-state index contributed by atoms with van der Waals surface area (Å²) in [7, 11) is 0. The summed E-state index contributed by atoms with van der Waals surface area (Å²) in [6, 6.07) is 14.1. The maximum Gasteiger partial charge on any atom is 0.254 e. The van der Waals surface area contributed by atoms with E-state index in [9.17, 15) is 4.79 Å². The fraction of sp³-hybridized carbons (Fsp3) is 0.455. The number of carbonyl (C=O) groups is 1. The molecule has 0 aliphatic carbocycles. The lowest BCUT2D eigenvalue weighted by molar-refractivity contribution is 0.0735. The van der Waals surface area contributed by atoms with Gasteiger partial charge in [0.2, 0.25) is 0 Å². The number of piperidine rings is 1. The van der Waals surface area contributed by atoms with Crippen molar-refractivity contribution in [2.75, 3.05) is 24.5 Å². The Morgan fingerprint density at radius 3 is 2.46 bits per heavy atom. The van der Waals surface area contributed by atoms with E-state index < -0.39 is 0 Å². The molecule has 4 nitrogen and oxygen atoms in total.